The van der Waals surface area contributed by atoms with E-state index in [2.05, 4.69) is 70.8 Å². The summed E-state index contributed by atoms with van der Waals surface area (Å²) < 4.78 is 7.15. The van der Waals surface area contributed by atoms with Gasteiger partial charge in [-0.2, -0.15) is 0 Å². The quantitative estimate of drug-likeness (QED) is 0.231. The minimum Gasteiger partial charge on any atom is -0.383 e. The van der Waals surface area contributed by atoms with Crippen LogP contribution in [0.25, 0.3) is 0 Å². The Balaban J connectivity index is 0.00000385. The average molecular weight is 570 g/mol. The predicted molar refractivity (Wildman–Crippen MR) is 146 cm³/mol. The molecule has 1 aliphatic rings. The summed E-state index contributed by atoms with van der Waals surface area (Å²) in [5.41, 5.74) is 2.87. The Labute approximate surface area is 215 Å². The summed E-state index contributed by atoms with van der Waals surface area (Å²) in [6, 6.07) is 9.43. The second-order valence-corrected chi connectivity index (χ2v) is 9.51. The van der Waals surface area contributed by atoms with Gasteiger partial charge in [-0.05, 0) is 42.9 Å². The summed E-state index contributed by atoms with van der Waals surface area (Å²) in [6.45, 7) is 12.6. The van der Waals surface area contributed by atoms with Crippen molar-refractivity contribution in [3.8, 4) is 0 Å². The zero-order valence-electron chi connectivity index (χ0n) is 20.9. The molecule has 33 heavy (non-hydrogen) atoms. The van der Waals surface area contributed by atoms with Gasteiger partial charge in [-0.25, -0.2) is 4.99 Å². The van der Waals surface area contributed by atoms with Crippen LogP contribution in [0.3, 0.4) is 0 Å². The van der Waals surface area contributed by atoms with Gasteiger partial charge in [-0.3, -0.25) is 0 Å². The van der Waals surface area contributed by atoms with E-state index in [4.69, 9.17) is 9.73 Å². The number of hydrogen-bond donors (Lipinski definition) is 2. The number of hydrogen-bond acceptors (Lipinski definition) is 5. The number of aryl methyl sites for hydroxylation is 1. The fraction of sp³-hybridized carbons (Fsp3) is 0.625. The van der Waals surface area contributed by atoms with E-state index >= 15 is 0 Å². The van der Waals surface area contributed by atoms with Gasteiger partial charge in [0, 0.05) is 45.5 Å². The van der Waals surface area contributed by atoms with Gasteiger partial charge in [0.05, 0.1) is 6.61 Å². The van der Waals surface area contributed by atoms with Crippen LogP contribution in [-0.2, 0) is 23.7 Å². The van der Waals surface area contributed by atoms with Gasteiger partial charge in [0.2, 0.25) is 0 Å². The minimum atomic E-state index is 0. The molecule has 2 N–H and O–H groups in total. The molecular weight excluding hydrogens is 529 g/mol. The number of ether oxygens (including phenoxy) is 1. The van der Waals surface area contributed by atoms with Crippen molar-refractivity contribution in [3.63, 3.8) is 0 Å². The summed E-state index contributed by atoms with van der Waals surface area (Å²) in [5.74, 6) is 2.54. The Morgan fingerprint density at radius 1 is 1.15 bits per heavy atom. The Kier molecular flexibility index (Phi) is 10.4. The van der Waals surface area contributed by atoms with E-state index < -0.39 is 0 Å². The molecule has 1 aliphatic heterocycles. The van der Waals surface area contributed by atoms with Gasteiger partial charge in [-0.1, -0.05) is 32.9 Å². The van der Waals surface area contributed by atoms with Crippen LogP contribution in [0.4, 0.5) is 5.69 Å². The van der Waals surface area contributed by atoms with Crippen LogP contribution in [0, 0.1) is 6.92 Å². The molecule has 0 saturated carbocycles. The molecular formula is C24H40IN7O. The highest BCUT2D eigenvalue weighted by atomic mass is 127. The van der Waals surface area contributed by atoms with Crippen LogP contribution in [0.2, 0.25) is 0 Å². The molecule has 1 aromatic carbocycles. The van der Waals surface area contributed by atoms with Crippen molar-refractivity contribution >= 4 is 35.6 Å². The lowest BCUT2D eigenvalue weighted by Crippen LogP contribution is -2.49. The van der Waals surface area contributed by atoms with Gasteiger partial charge in [-0.15, -0.1) is 34.2 Å². The largest absolute Gasteiger partial charge is 0.383 e. The van der Waals surface area contributed by atoms with Crippen molar-refractivity contribution < 1.29 is 4.74 Å². The number of methoxy groups -OCH3 is 1. The highest BCUT2D eigenvalue weighted by Gasteiger charge is 2.21. The van der Waals surface area contributed by atoms with Crippen LogP contribution >= 0.6 is 24.0 Å². The minimum absolute atomic E-state index is 0. The van der Waals surface area contributed by atoms with E-state index in [1.165, 1.54) is 11.3 Å². The van der Waals surface area contributed by atoms with Gasteiger partial charge in [0.15, 0.2) is 11.8 Å². The molecule has 2 heterocycles. The van der Waals surface area contributed by atoms with Crippen molar-refractivity contribution in [1.29, 1.82) is 0 Å². The summed E-state index contributed by atoms with van der Waals surface area (Å²) in [4.78, 5) is 7.22. The van der Waals surface area contributed by atoms with E-state index in [9.17, 15) is 0 Å². The number of benzene rings is 1. The van der Waals surface area contributed by atoms with Crippen LogP contribution in [0.15, 0.2) is 29.3 Å². The standard InChI is InChI=1S/C24H39N7O.HI/c1-18-28-29-22(30(18)5)17-26-23(25-13-16-32-6)27-20-11-14-31(15-12-20)21-9-7-19(8-10-21)24(2,3)4;/h7-10,20H,11-17H2,1-6H3,(H2,25,26,27);1H. The first kappa shape index (κ1) is 27.4. The van der Waals surface area contributed by atoms with E-state index in [0.29, 0.717) is 25.7 Å². The number of halogens is 1. The van der Waals surface area contributed by atoms with Gasteiger partial charge < -0.3 is 24.8 Å². The molecule has 184 valence electrons. The maximum Gasteiger partial charge on any atom is 0.192 e. The first-order valence-electron chi connectivity index (χ1n) is 11.5. The summed E-state index contributed by atoms with van der Waals surface area (Å²) in [7, 11) is 3.67. The highest BCUT2D eigenvalue weighted by molar-refractivity contribution is 14.0. The average Bonchev–Trinajstić information content (AvgIpc) is 3.09. The third kappa shape index (κ3) is 7.84. The molecule has 9 heteroatoms. The molecule has 0 spiro atoms. The predicted octanol–water partition coefficient (Wildman–Crippen LogP) is 3.39. The fourth-order valence-electron chi connectivity index (χ4n) is 3.81. The zero-order chi connectivity index (χ0) is 23.1. The zero-order valence-corrected chi connectivity index (χ0v) is 23.2. The first-order valence-corrected chi connectivity index (χ1v) is 11.5. The number of piperidine rings is 1. The number of aromatic nitrogens is 3. The molecule has 0 aliphatic carbocycles. The molecule has 1 aromatic heterocycles. The Bertz CT molecular complexity index is 881. The van der Waals surface area contributed by atoms with Crippen molar-refractivity contribution in [2.45, 2.75) is 58.5 Å². The fourth-order valence-corrected chi connectivity index (χ4v) is 3.81. The van der Waals surface area contributed by atoms with Crippen molar-refractivity contribution in [2.24, 2.45) is 12.0 Å². The molecule has 0 bridgehead atoms. The van der Waals surface area contributed by atoms with Crippen LogP contribution in [0.1, 0.15) is 50.8 Å². The molecule has 0 amide bonds. The lowest BCUT2D eigenvalue weighted by Gasteiger charge is -2.35. The number of aliphatic imine (C=N–C) groups is 1. The maximum absolute atomic E-state index is 5.18. The third-order valence-electron chi connectivity index (χ3n) is 6.09. The smallest absolute Gasteiger partial charge is 0.192 e. The van der Waals surface area contributed by atoms with Crippen LogP contribution in [0.5, 0.6) is 0 Å². The van der Waals surface area contributed by atoms with E-state index in [-0.39, 0.29) is 29.4 Å². The first-order chi connectivity index (χ1) is 15.3. The molecule has 2 aromatic rings. The number of nitrogens with one attached hydrogen (secondary N) is 2. The lowest BCUT2D eigenvalue weighted by atomic mass is 9.87. The maximum atomic E-state index is 5.18. The SMILES string of the molecule is COCCNC(=NCc1nnc(C)n1C)NC1CCN(c2ccc(C(C)(C)C)cc2)CC1.I. The van der Waals surface area contributed by atoms with Crippen molar-refractivity contribution in [2.75, 3.05) is 38.3 Å². The van der Waals surface area contributed by atoms with E-state index in [1.54, 1.807) is 7.11 Å². The van der Waals surface area contributed by atoms with Crippen molar-refractivity contribution in [1.82, 2.24) is 25.4 Å². The number of rotatable bonds is 7. The second kappa shape index (κ2) is 12.5. The number of nitrogens with zero attached hydrogens (tertiary/aromatic N) is 5. The van der Waals surface area contributed by atoms with Crippen molar-refractivity contribution in [3.05, 3.63) is 41.5 Å². The Morgan fingerprint density at radius 2 is 1.82 bits per heavy atom. The molecule has 1 saturated heterocycles. The van der Waals surface area contributed by atoms with Crippen LogP contribution < -0.4 is 15.5 Å². The topological polar surface area (TPSA) is 79.6 Å². The Morgan fingerprint density at radius 3 is 2.36 bits per heavy atom. The van der Waals surface area contributed by atoms with E-state index in [1.807, 2.05) is 18.5 Å². The molecule has 3 rings (SSSR count). The van der Waals surface area contributed by atoms with Gasteiger partial charge in [0.1, 0.15) is 12.4 Å². The lowest BCUT2D eigenvalue weighted by molar-refractivity contribution is 0.203. The molecule has 1 fully saturated rings. The summed E-state index contributed by atoms with van der Waals surface area (Å²) in [5, 5.41) is 15.3. The van der Waals surface area contributed by atoms with E-state index in [0.717, 1.165) is 43.5 Å². The second-order valence-electron chi connectivity index (χ2n) is 9.51. The summed E-state index contributed by atoms with van der Waals surface area (Å²) >= 11 is 0. The van der Waals surface area contributed by atoms with Crippen LogP contribution in [-0.4, -0.2) is 60.1 Å². The highest BCUT2D eigenvalue weighted by Crippen LogP contribution is 2.26. The number of anilines is 1. The number of guanidine groups is 1. The molecule has 8 nitrogen and oxygen atoms in total. The molecule has 0 radical (unpaired) electrons. The normalized spacial score (nSPS) is 15.3. The van der Waals surface area contributed by atoms with Gasteiger partial charge in [0.25, 0.3) is 0 Å². The third-order valence-corrected chi connectivity index (χ3v) is 6.09. The van der Waals surface area contributed by atoms with Gasteiger partial charge >= 0.3 is 0 Å². The monoisotopic (exact) mass is 569 g/mol. The molecule has 0 atom stereocenters. The Hall–Kier alpha value is -1.88. The molecule has 0 unspecified atom stereocenters. The summed E-state index contributed by atoms with van der Waals surface area (Å²) in [6.07, 6.45) is 2.13.